The van der Waals surface area contributed by atoms with Gasteiger partial charge >= 0.3 is 6.09 Å². The number of hydrogen-bond acceptors (Lipinski definition) is 4. The van der Waals surface area contributed by atoms with Gasteiger partial charge in [-0.2, -0.15) is 5.06 Å². The van der Waals surface area contributed by atoms with Gasteiger partial charge in [-0.3, -0.25) is 9.63 Å². The summed E-state index contributed by atoms with van der Waals surface area (Å²) < 4.78 is 5.47. The minimum atomic E-state index is -0.750. The molecule has 0 aromatic carbocycles. The number of ether oxygens (including phenoxy) is 1. The lowest BCUT2D eigenvalue weighted by atomic mass is 10.0. The van der Waals surface area contributed by atoms with E-state index >= 15 is 0 Å². The van der Waals surface area contributed by atoms with Gasteiger partial charge in [0.2, 0.25) is 6.29 Å². The topological polar surface area (TPSA) is 55.8 Å². The third-order valence-electron chi connectivity index (χ3n) is 2.32. The highest BCUT2D eigenvalue weighted by molar-refractivity contribution is 14.1. The first-order chi connectivity index (χ1) is 8.26. The summed E-state index contributed by atoms with van der Waals surface area (Å²) in [6, 6.07) is -0.750. The number of carbonyl (C=O) groups excluding carboxylic acids is 2. The molecule has 1 amide bonds. The van der Waals surface area contributed by atoms with Crippen LogP contribution in [0.2, 0.25) is 0 Å². The van der Waals surface area contributed by atoms with E-state index in [-0.39, 0.29) is 10.5 Å². The zero-order valence-electron chi connectivity index (χ0n) is 11.5. The Bertz CT molecular complexity index is 278. The number of hydrogen-bond donors (Lipinski definition) is 0. The second-order valence-electron chi connectivity index (χ2n) is 4.99. The van der Waals surface area contributed by atoms with Gasteiger partial charge in [-0.25, -0.2) is 4.79 Å². The van der Waals surface area contributed by atoms with Crippen molar-refractivity contribution < 1.29 is 19.2 Å². The molecule has 0 aromatic rings. The molecule has 105 valence electrons. The highest BCUT2D eigenvalue weighted by Gasteiger charge is 2.32. The molecule has 0 aliphatic carbocycles. The quantitative estimate of drug-likeness (QED) is 0.410. The van der Waals surface area contributed by atoms with Gasteiger partial charge in [0.1, 0.15) is 16.3 Å². The van der Waals surface area contributed by atoms with Gasteiger partial charge in [-0.15, -0.1) is 0 Å². The average molecular weight is 370 g/mol. The minimum absolute atomic E-state index is 0.0435. The maximum Gasteiger partial charge on any atom is 0.435 e. The predicted octanol–water partition coefficient (Wildman–Crippen LogP) is 3.07. The minimum Gasteiger partial charge on any atom is -0.442 e. The Morgan fingerprint density at radius 1 is 1.44 bits per heavy atom. The zero-order valence-corrected chi connectivity index (χ0v) is 13.7. The third-order valence-corrected chi connectivity index (χ3v) is 2.60. The third kappa shape index (κ3) is 5.99. The van der Waals surface area contributed by atoms with Crippen LogP contribution in [0.1, 0.15) is 41.0 Å². The van der Waals surface area contributed by atoms with Crippen LogP contribution >= 0.6 is 22.6 Å². The molecule has 18 heavy (non-hydrogen) atoms. The molecule has 0 aliphatic heterocycles. The highest BCUT2D eigenvalue weighted by atomic mass is 127. The Labute approximate surface area is 122 Å². The van der Waals surface area contributed by atoms with Crippen molar-refractivity contribution >= 4 is 35.0 Å². The van der Waals surface area contributed by atoms with Crippen molar-refractivity contribution in [3.05, 3.63) is 0 Å². The van der Waals surface area contributed by atoms with Crippen LogP contribution in [0.15, 0.2) is 0 Å². The lowest BCUT2D eigenvalue weighted by Crippen LogP contribution is -2.46. The van der Waals surface area contributed by atoms with E-state index in [1.807, 2.05) is 42.7 Å². The summed E-state index contributed by atoms with van der Waals surface area (Å²) in [5.74, 6) is -0.0435. The van der Waals surface area contributed by atoms with E-state index in [0.717, 1.165) is 11.5 Å². The van der Waals surface area contributed by atoms with Crippen LogP contribution in [0.25, 0.3) is 0 Å². The van der Waals surface area contributed by atoms with Gasteiger partial charge in [0, 0.05) is 0 Å². The van der Waals surface area contributed by atoms with Crippen LogP contribution in [0.5, 0.6) is 0 Å². The molecule has 0 rings (SSSR count). The standard InChI is InChI=1S/C12H21INO4/c1-6-9(2)10(7-15)14(17-8-13)11(16)18-12(3,4)5/h9-10H,6,8H2,1-5H3. The largest absolute Gasteiger partial charge is 0.442 e. The maximum atomic E-state index is 12.0. The molecule has 0 N–H and O–H groups in total. The first-order valence-corrected chi connectivity index (χ1v) is 7.38. The molecule has 2 atom stereocenters. The number of rotatable bonds is 6. The Balaban J connectivity index is 4.91. The summed E-state index contributed by atoms with van der Waals surface area (Å²) in [7, 11) is 0. The van der Waals surface area contributed by atoms with Crippen molar-refractivity contribution in [2.45, 2.75) is 52.7 Å². The first kappa shape index (κ1) is 17.6. The van der Waals surface area contributed by atoms with E-state index in [1.165, 1.54) is 0 Å². The molecule has 5 nitrogen and oxygen atoms in total. The number of amides is 1. The molecule has 6 heteroatoms. The van der Waals surface area contributed by atoms with Crippen molar-refractivity contribution in [3.63, 3.8) is 0 Å². The molecule has 0 saturated carbocycles. The number of nitrogens with zero attached hydrogens (tertiary/aromatic N) is 1. The molecule has 0 aromatic heterocycles. The summed E-state index contributed by atoms with van der Waals surface area (Å²) in [6.07, 6.45) is 1.93. The van der Waals surface area contributed by atoms with E-state index in [1.54, 1.807) is 20.8 Å². The van der Waals surface area contributed by atoms with E-state index in [9.17, 15) is 9.59 Å². The zero-order chi connectivity index (χ0) is 14.3. The van der Waals surface area contributed by atoms with Crippen molar-refractivity contribution in [2.24, 2.45) is 5.92 Å². The van der Waals surface area contributed by atoms with Gasteiger partial charge in [0.05, 0.1) is 0 Å². The fourth-order valence-electron chi connectivity index (χ4n) is 1.22. The smallest absolute Gasteiger partial charge is 0.435 e. The van der Waals surface area contributed by atoms with Crippen molar-refractivity contribution in [2.75, 3.05) is 4.61 Å². The second kappa shape index (κ2) is 7.93. The van der Waals surface area contributed by atoms with Gasteiger partial charge < -0.3 is 4.74 Å². The van der Waals surface area contributed by atoms with E-state index in [0.29, 0.717) is 0 Å². The van der Waals surface area contributed by atoms with Gasteiger partial charge in [0.25, 0.3) is 0 Å². The first-order valence-electron chi connectivity index (χ1n) is 5.85. The summed E-state index contributed by atoms with van der Waals surface area (Å²) in [6.45, 7) is 9.08. The van der Waals surface area contributed by atoms with Gasteiger partial charge in [-0.1, -0.05) is 42.9 Å². The molecule has 0 saturated heterocycles. The van der Waals surface area contributed by atoms with E-state index < -0.39 is 17.7 Å². The second-order valence-corrected chi connectivity index (χ2v) is 5.62. The molecule has 0 heterocycles. The number of halogens is 1. The predicted molar refractivity (Wildman–Crippen MR) is 77.0 cm³/mol. The monoisotopic (exact) mass is 370 g/mol. The molecular formula is C12H21INO4. The number of alkyl halides is 1. The van der Waals surface area contributed by atoms with Crippen LogP contribution in [-0.4, -0.2) is 33.7 Å². The van der Waals surface area contributed by atoms with Gasteiger partial charge in [0.15, 0.2) is 0 Å². The van der Waals surface area contributed by atoms with Crippen molar-refractivity contribution in [3.8, 4) is 0 Å². The SMILES string of the molecule is CCC(C)C([C]=O)N(OCI)C(=O)OC(C)(C)C. The molecule has 2 unspecified atom stereocenters. The molecule has 0 fully saturated rings. The summed E-state index contributed by atoms with van der Waals surface area (Å²) in [5, 5.41) is 0.985. The Morgan fingerprint density at radius 2 is 2.00 bits per heavy atom. The fraction of sp³-hybridized carbons (Fsp3) is 0.833. The lowest BCUT2D eigenvalue weighted by molar-refractivity contribution is -0.146. The Morgan fingerprint density at radius 3 is 2.33 bits per heavy atom. The highest BCUT2D eigenvalue weighted by Crippen LogP contribution is 2.18. The van der Waals surface area contributed by atoms with Crippen LogP contribution in [0.4, 0.5) is 4.79 Å². The van der Waals surface area contributed by atoms with Crippen molar-refractivity contribution in [1.29, 1.82) is 0 Å². The number of hydroxylamine groups is 2. The number of carbonyl (C=O) groups is 1. The molecule has 0 bridgehead atoms. The van der Waals surface area contributed by atoms with E-state index in [4.69, 9.17) is 9.57 Å². The molecule has 0 aliphatic rings. The Hall–Kier alpha value is -0.370. The van der Waals surface area contributed by atoms with Gasteiger partial charge in [-0.05, 0) is 26.7 Å². The van der Waals surface area contributed by atoms with Crippen LogP contribution in [0, 0.1) is 5.92 Å². The van der Waals surface area contributed by atoms with Crippen LogP contribution < -0.4 is 0 Å². The molecule has 1 radical (unpaired) electrons. The fourth-order valence-corrected chi connectivity index (χ4v) is 1.52. The summed E-state index contributed by atoms with van der Waals surface area (Å²) in [4.78, 5) is 28.2. The van der Waals surface area contributed by atoms with E-state index in [2.05, 4.69) is 0 Å². The summed E-state index contributed by atoms with van der Waals surface area (Å²) >= 11 is 1.96. The molecule has 0 spiro atoms. The molecular weight excluding hydrogens is 349 g/mol. The maximum absolute atomic E-state index is 12.0. The normalized spacial score (nSPS) is 14.8. The van der Waals surface area contributed by atoms with Crippen molar-refractivity contribution in [1.82, 2.24) is 5.06 Å². The van der Waals surface area contributed by atoms with Crippen LogP contribution in [0.3, 0.4) is 0 Å². The Kier molecular flexibility index (Phi) is 7.77. The average Bonchev–Trinajstić information content (AvgIpc) is 2.26. The van der Waals surface area contributed by atoms with Crippen LogP contribution in [-0.2, 0) is 14.4 Å². The summed E-state index contributed by atoms with van der Waals surface area (Å²) in [5.41, 5.74) is -0.632. The lowest BCUT2D eigenvalue weighted by Gasteiger charge is -2.31.